The molecule has 2 aromatic carbocycles. The van der Waals surface area contributed by atoms with Crippen LogP contribution in [0.25, 0.3) is 10.8 Å². The summed E-state index contributed by atoms with van der Waals surface area (Å²) in [5.41, 5.74) is 6.01. The number of ketones is 1. The molecule has 17 nitrogen and oxygen atoms in total. The van der Waals surface area contributed by atoms with Crippen molar-refractivity contribution in [1.82, 2.24) is 9.91 Å². The second-order valence-electron chi connectivity index (χ2n) is 16.0. The Morgan fingerprint density at radius 3 is 2.15 bits per heavy atom. The van der Waals surface area contributed by atoms with Crippen LogP contribution in [0, 0.1) is 30.6 Å². The van der Waals surface area contributed by atoms with E-state index in [-0.39, 0.29) is 44.5 Å². The number of aromatic hydroxyl groups is 3. The summed E-state index contributed by atoms with van der Waals surface area (Å²) >= 11 is 0. The SMILES string of the molecule is CO[C@@H](/C=C/O[C@@]1(C)Oc2c(C)c(O)c3c(O)c(N)c(/C=N/N4CCN(C)CC4)c(O)c3c2C1=O)[C@@H](C)[C@@H](OC(C)=O)[C@H](C)[C@H](O)[C@H](C)[C@@H](O)[C@@H](C)/C=C/C=C(/C)C(=O)O. The second-order valence-corrected chi connectivity index (χ2v) is 16.0. The second kappa shape index (κ2) is 19.4. The van der Waals surface area contributed by atoms with Gasteiger partial charge in [-0.3, -0.25) is 14.6 Å². The summed E-state index contributed by atoms with van der Waals surface area (Å²) in [4.78, 5) is 39.8. The zero-order valence-electron chi connectivity index (χ0n) is 35.9. The van der Waals surface area contributed by atoms with Gasteiger partial charge in [-0.25, -0.2) is 4.79 Å². The van der Waals surface area contributed by atoms with E-state index < -0.39 is 88.8 Å². The minimum Gasteiger partial charge on any atom is -0.507 e. The van der Waals surface area contributed by atoms with E-state index in [9.17, 15) is 39.9 Å². The van der Waals surface area contributed by atoms with Gasteiger partial charge in [0.05, 0.1) is 53.0 Å². The number of hydrogen-bond donors (Lipinski definition) is 7. The van der Waals surface area contributed by atoms with Crippen LogP contribution in [0.15, 0.2) is 41.2 Å². The predicted molar refractivity (Wildman–Crippen MR) is 224 cm³/mol. The third-order valence-electron chi connectivity index (χ3n) is 11.6. The number of rotatable bonds is 17. The number of anilines is 1. The number of carbonyl (C=O) groups is 3. The van der Waals surface area contributed by atoms with Crippen molar-refractivity contribution in [2.45, 2.75) is 85.6 Å². The number of allylic oxidation sites excluding steroid dienone is 2. The first-order valence-electron chi connectivity index (χ1n) is 19.8. The van der Waals surface area contributed by atoms with Gasteiger partial charge in [0, 0.05) is 87.3 Å². The third kappa shape index (κ3) is 9.81. The number of aliphatic hydroxyl groups is 2. The van der Waals surface area contributed by atoms with E-state index in [1.54, 1.807) is 38.8 Å². The normalized spacial score (nSPS) is 21.8. The topological polar surface area (TPSA) is 254 Å². The molecular formula is C43H60N4O13. The smallest absolute Gasteiger partial charge is 0.331 e. The fraction of sp³-hybridized carbons (Fsp3) is 0.535. The first-order valence-corrected chi connectivity index (χ1v) is 19.8. The number of likely N-dealkylation sites (N-methyl/N-ethyl adjacent to an activating group) is 1. The molecule has 0 unspecified atom stereocenters. The van der Waals surface area contributed by atoms with Gasteiger partial charge in [-0.2, -0.15) is 5.10 Å². The van der Waals surface area contributed by atoms with Gasteiger partial charge in [0.25, 0.3) is 5.78 Å². The molecule has 2 aromatic rings. The Hall–Kier alpha value is -5.36. The van der Waals surface area contributed by atoms with Crippen molar-refractivity contribution in [2.24, 2.45) is 28.8 Å². The van der Waals surface area contributed by atoms with Crippen molar-refractivity contribution in [3.8, 4) is 23.0 Å². The molecule has 9 atom stereocenters. The number of hydrogen-bond acceptors (Lipinski definition) is 16. The maximum Gasteiger partial charge on any atom is 0.331 e. The number of aliphatic hydroxyl groups excluding tert-OH is 2. The molecule has 17 heteroatoms. The average molecular weight is 841 g/mol. The van der Waals surface area contributed by atoms with Gasteiger partial charge < -0.3 is 60.2 Å². The lowest BCUT2D eigenvalue weighted by Crippen LogP contribution is -2.46. The van der Waals surface area contributed by atoms with Crippen LogP contribution in [-0.4, -0.2) is 135 Å². The standard InChI is InChI=1S/C43H60N4O13/c1-21(12-11-13-22(2)42(55)56)34(49)24(4)35(50)25(5)39(59-27(7)48)23(3)29(57-10)14-19-58-43(8)41(54)32-30-31(36(51)26(6)40(32)60-43)38(53)33(44)28(37(30)52)20-45-47-17-15-46(9)16-18-47/h11-14,19-21,23-25,29,34-35,39,49-53H,15-18,44H2,1-10H3,(H,55,56)/b12-11+,19-14+,22-13-,45-20+/t21-,23+,24+,25+,29-,34-,35+,39+,43-/m0/s1. The maximum absolute atomic E-state index is 14.2. The van der Waals surface area contributed by atoms with Crippen LogP contribution >= 0.6 is 0 Å². The molecule has 2 aliphatic heterocycles. The van der Waals surface area contributed by atoms with Gasteiger partial charge >= 0.3 is 17.7 Å². The molecule has 0 radical (unpaired) electrons. The van der Waals surface area contributed by atoms with Crippen LogP contribution in [0.2, 0.25) is 0 Å². The van der Waals surface area contributed by atoms with Crippen LogP contribution in [0.5, 0.6) is 23.0 Å². The lowest BCUT2D eigenvalue weighted by molar-refractivity contribution is -0.160. The van der Waals surface area contributed by atoms with Crippen LogP contribution in [-0.2, 0) is 23.8 Å². The first-order chi connectivity index (χ1) is 28.1. The Morgan fingerprint density at radius 1 is 0.933 bits per heavy atom. The molecule has 2 aliphatic rings. The highest BCUT2D eigenvalue weighted by Crippen LogP contribution is 2.54. The van der Waals surface area contributed by atoms with Gasteiger partial charge in [0.2, 0.25) is 0 Å². The zero-order chi connectivity index (χ0) is 45.0. The Bertz CT molecular complexity index is 2060. The molecule has 0 amide bonds. The van der Waals surface area contributed by atoms with Gasteiger partial charge in [0.1, 0.15) is 23.4 Å². The van der Waals surface area contributed by atoms with Crippen LogP contribution in [0.3, 0.4) is 0 Å². The molecule has 0 spiro atoms. The summed E-state index contributed by atoms with van der Waals surface area (Å²) in [5.74, 6) is -8.57. The third-order valence-corrected chi connectivity index (χ3v) is 11.6. The number of phenolic OH excluding ortho intramolecular Hbond substituents is 3. The highest BCUT2D eigenvalue weighted by molar-refractivity contribution is 6.22. The molecule has 0 bridgehead atoms. The van der Waals surface area contributed by atoms with Crippen LogP contribution < -0.4 is 10.5 Å². The maximum atomic E-state index is 14.2. The van der Waals surface area contributed by atoms with Crippen molar-refractivity contribution < 1.29 is 64.0 Å². The van der Waals surface area contributed by atoms with E-state index in [1.807, 2.05) is 7.05 Å². The number of methoxy groups -OCH3 is 1. The van der Waals surface area contributed by atoms with Gasteiger partial charge in [-0.1, -0.05) is 45.9 Å². The van der Waals surface area contributed by atoms with Crippen molar-refractivity contribution in [1.29, 1.82) is 0 Å². The minimum absolute atomic E-state index is 0.0547. The fourth-order valence-electron chi connectivity index (χ4n) is 7.60. The number of hydrazone groups is 1. The fourth-order valence-corrected chi connectivity index (χ4v) is 7.60. The number of carbonyl (C=O) groups excluding carboxylic acids is 2. The number of esters is 1. The summed E-state index contributed by atoms with van der Waals surface area (Å²) in [6.07, 6.45) is 4.57. The lowest BCUT2D eigenvalue weighted by Gasteiger charge is -2.38. The summed E-state index contributed by atoms with van der Waals surface area (Å²) in [7, 11) is 3.41. The van der Waals surface area contributed by atoms with E-state index >= 15 is 0 Å². The molecular weight excluding hydrogens is 780 g/mol. The lowest BCUT2D eigenvalue weighted by atomic mass is 9.78. The van der Waals surface area contributed by atoms with E-state index in [1.165, 1.54) is 65.5 Å². The van der Waals surface area contributed by atoms with Crippen molar-refractivity contribution in [3.05, 3.63) is 52.8 Å². The zero-order valence-corrected chi connectivity index (χ0v) is 35.9. The molecule has 8 N–H and O–H groups in total. The number of phenols is 3. The Morgan fingerprint density at radius 2 is 1.57 bits per heavy atom. The predicted octanol–water partition coefficient (Wildman–Crippen LogP) is 4.05. The van der Waals surface area contributed by atoms with Crippen molar-refractivity contribution in [2.75, 3.05) is 46.1 Å². The van der Waals surface area contributed by atoms with E-state index in [4.69, 9.17) is 29.8 Å². The monoisotopic (exact) mass is 840 g/mol. The number of aliphatic carboxylic acids is 1. The van der Waals surface area contributed by atoms with Gasteiger partial charge in [-0.05, 0) is 27.0 Å². The van der Waals surface area contributed by atoms with Crippen LogP contribution in [0.1, 0.15) is 70.0 Å². The first kappa shape index (κ1) is 47.3. The van der Waals surface area contributed by atoms with Crippen molar-refractivity contribution in [3.63, 3.8) is 0 Å². The quantitative estimate of drug-likeness (QED) is 0.0173. The summed E-state index contributed by atoms with van der Waals surface area (Å²) in [6, 6.07) is 0. The summed E-state index contributed by atoms with van der Waals surface area (Å²) < 4.78 is 23.5. The highest BCUT2D eigenvalue weighted by Gasteiger charge is 2.50. The Balaban J connectivity index is 1.59. The average Bonchev–Trinajstić information content (AvgIpc) is 3.47. The number of nitrogens with zero attached hydrogens (tertiary/aromatic N) is 3. The summed E-state index contributed by atoms with van der Waals surface area (Å²) in [5, 5.41) is 71.5. The number of Topliss-reactive ketones (excluding diaryl/α,β-unsaturated/α-hetero) is 1. The summed E-state index contributed by atoms with van der Waals surface area (Å²) in [6.45, 7) is 15.1. The van der Waals surface area contributed by atoms with E-state index in [2.05, 4.69) is 10.0 Å². The number of nitrogen functional groups attached to an aromatic ring is 1. The number of benzene rings is 2. The molecule has 1 fully saturated rings. The number of ether oxygens (including phenoxy) is 4. The molecule has 0 saturated carbocycles. The number of fused-ring (bicyclic) bond motifs is 3. The van der Waals surface area contributed by atoms with Gasteiger partial charge in [0.15, 0.2) is 5.75 Å². The molecule has 60 heavy (non-hydrogen) atoms. The molecule has 4 rings (SSSR count). The number of piperazine rings is 1. The number of carboxylic acids is 1. The van der Waals surface area contributed by atoms with E-state index in [0.29, 0.717) is 13.1 Å². The number of carboxylic acid groups (broad SMARTS) is 1. The van der Waals surface area contributed by atoms with Crippen molar-refractivity contribution >= 4 is 40.4 Å². The minimum atomic E-state index is -2.03. The molecule has 0 aliphatic carbocycles. The molecule has 0 aromatic heterocycles. The van der Waals surface area contributed by atoms with Crippen LogP contribution in [0.4, 0.5) is 5.69 Å². The molecule has 2 heterocycles. The van der Waals surface area contributed by atoms with E-state index in [0.717, 1.165) is 13.1 Å². The highest BCUT2D eigenvalue weighted by atomic mass is 16.7. The Kier molecular flexibility index (Phi) is 15.3. The molecule has 330 valence electrons. The van der Waals surface area contributed by atoms with Gasteiger partial charge in [-0.15, -0.1) is 0 Å². The molecule has 1 saturated heterocycles. The largest absolute Gasteiger partial charge is 0.507 e. The Labute approximate surface area is 350 Å². The number of nitrogens with two attached hydrogens (primary N) is 1.